The van der Waals surface area contributed by atoms with E-state index in [1.807, 2.05) is 13.0 Å². The van der Waals surface area contributed by atoms with E-state index in [1.165, 1.54) is 6.07 Å². The van der Waals surface area contributed by atoms with Crippen molar-refractivity contribution in [1.29, 1.82) is 0 Å². The van der Waals surface area contributed by atoms with Crippen molar-refractivity contribution in [2.75, 3.05) is 0 Å². The number of benzene rings is 2. The summed E-state index contributed by atoms with van der Waals surface area (Å²) >= 11 is 6.08. The van der Waals surface area contributed by atoms with Gasteiger partial charge in [-0.3, -0.25) is 0 Å². The fourth-order valence-corrected chi connectivity index (χ4v) is 2.25. The van der Waals surface area contributed by atoms with Crippen LogP contribution >= 0.6 is 11.6 Å². The maximum absolute atomic E-state index is 11.2. The molecule has 0 fully saturated rings. The molecular formula is C15H10ClNO3. The van der Waals surface area contributed by atoms with Crippen LogP contribution in [0.25, 0.3) is 22.6 Å². The topological polar surface area (TPSA) is 63.3 Å². The second kappa shape index (κ2) is 4.65. The first-order chi connectivity index (χ1) is 9.58. The van der Waals surface area contributed by atoms with Gasteiger partial charge in [-0.25, -0.2) is 9.78 Å². The monoisotopic (exact) mass is 287 g/mol. The Labute approximate surface area is 119 Å². The van der Waals surface area contributed by atoms with Gasteiger partial charge in [0.1, 0.15) is 5.52 Å². The molecule has 0 saturated carbocycles. The van der Waals surface area contributed by atoms with Crippen LogP contribution in [0.3, 0.4) is 0 Å². The van der Waals surface area contributed by atoms with Crippen molar-refractivity contribution >= 4 is 28.7 Å². The van der Waals surface area contributed by atoms with Gasteiger partial charge in [-0.05, 0) is 36.8 Å². The minimum Gasteiger partial charge on any atom is -0.478 e. The number of fused-ring (bicyclic) bond motifs is 1. The van der Waals surface area contributed by atoms with Gasteiger partial charge >= 0.3 is 5.97 Å². The van der Waals surface area contributed by atoms with Crippen molar-refractivity contribution in [3.63, 3.8) is 0 Å². The first-order valence-corrected chi connectivity index (χ1v) is 6.34. The maximum Gasteiger partial charge on any atom is 0.338 e. The van der Waals surface area contributed by atoms with Crippen LogP contribution in [-0.2, 0) is 0 Å². The summed E-state index contributed by atoms with van der Waals surface area (Å²) in [5.74, 6) is -0.660. The molecule has 20 heavy (non-hydrogen) atoms. The lowest BCUT2D eigenvalue weighted by Crippen LogP contribution is -1.96. The molecule has 1 aromatic heterocycles. The summed E-state index contributed by atoms with van der Waals surface area (Å²) in [6.07, 6.45) is 0. The first kappa shape index (κ1) is 12.7. The zero-order valence-corrected chi connectivity index (χ0v) is 11.3. The van der Waals surface area contributed by atoms with Gasteiger partial charge in [0, 0.05) is 10.6 Å². The van der Waals surface area contributed by atoms with Crippen molar-refractivity contribution in [3.8, 4) is 11.5 Å². The van der Waals surface area contributed by atoms with Crippen LogP contribution in [0.4, 0.5) is 0 Å². The van der Waals surface area contributed by atoms with Crippen LogP contribution in [0.2, 0.25) is 5.02 Å². The highest BCUT2D eigenvalue weighted by Crippen LogP contribution is 2.31. The molecule has 0 saturated heterocycles. The van der Waals surface area contributed by atoms with Crippen molar-refractivity contribution < 1.29 is 14.3 Å². The number of nitrogens with zero attached hydrogens (tertiary/aromatic N) is 1. The van der Waals surface area contributed by atoms with E-state index in [-0.39, 0.29) is 5.56 Å². The van der Waals surface area contributed by atoms with Crippen LogP contribution in [0.1, 0.15) is 15.9 Å². The number of rotatable bonds is 2. The molecule has 4 nitrogen and oxygen atoms in total. The molecule has 100 valence electrons. The van der Waals surface area contributed by atoms with Gasteiger partial charge in [0.05, 0.1) is 5.56 Å². The van der Waals surface area contributed by atoms with Gasteiger partial charge in [0.15, 0.2) is 5.58 Å². The predicted molar refractivity (Wildman–Crippen MR) is 76.2 cm³/mol. The number of aromatic carboxylic acids is 1. The summed E-state index contributed by atoms with van der Waals surface area (Å²) in [5.41, 5.74) is 2.51. The highest BCUT2D eigenvalue weighted by Gasteiger charge is 2.16. The summed E-state index contributed by atoms with van der Waals surface area (Å²) in [4.78, 5) is 15.5. The molecule has 0 bridgehead atoms. The molecule has 0 amide bonds. The molecule has 0 aliphatic carbocycles. The molecule has 0 spiro atoms. The highest BCUT2D eigenvalue weighted by atomic mass is 35.5. The minimum atomic E-state index is -1.03. The van der Waals surface area contributed by atoms with E-state index in [9.17, 15) is 4.79 Å². The van der Waals surface area contributed by atoms with Crippen molar-refractivity contribution in [1.82, 2.24) is 4.98 Å². The third kappa shape index (κ3) is 1.94. The average molecular weight is 288 g/mol. The molecule has 0 aliphatic rings. The summed E-state index contributed by atoms with van der Waals surface area (Å²) in [6.45, 7) is 1.87. The SMILES string of the molecule is Cc1c(Cl)cccc1-c1nc2c(C(=O)O)cccc2o1. The third-order valence-corrected chi connectivity index (χ3v) is 3.56. The fourth-order valence-electron chi connectivity index (χ4n) is 2.08. The van der Waals surface area contributed by atoms with Crippen LogP contribution in [0.15, 0.2) is 40.8 Å². The number of aromatic nitrogens is 1. The molecule has 0 unspecified atom stereocenters. The molecule has 1 N–H and O–H groups in total. The molecule has 0 aliphatic heterocycles. The second-order valence-electron chi connectivity index (χ2n) is 4.39. The first-order valence-electron chi connectivity index (χ1n) is 5.96. The number of carboxylic acids is 1. The number of carboxylic acid groups (broad SMARTS) is 1. The van der Waals surface area contributed by atoms with Gasteiger partial charge in [-0.2, -0.15) is 0 Å². The average Bonchev–Trinajstić information content (AvgIpc) is 2.84. The van der Waals surface area contributed by atoms with Crippen molar-refractivity contribution in [3.05, 3.63) is 52.5 Å². The number of halogens is 1. The molecule has 0 atom stereocenters. The molecule has 3 rings (SSSR count). The lowest BCUT2D eigenvalue weighted by molar-refractivity contribution is 0.0699. The number of oxazole rings is 1. The molecule has 2 aromatic carbocycles. The second-order valence-corrected chi connectivity index (χ2v) is 4.80. The Morgan fingerprint density at radius 2 is 2.00 bits per heavy atom. The lowest BCUT2D eigenvalue weighted by Gasteiger charge is -2.02. The number of hydrogen-bond acceptors (Lipinski definition) is 3. The Bertz CT molecular complexity index is 823. The Kier molecular flexibility index (Phi) is 2.95. The maximum atomic E-state index is 11.2. The molecule has 0 radical (unpaired) electrons. The largest absolute Gasteiger partial charge is 0.478 e. The van der Waals surface area contributed by atoms with E-state index < -0.39 is 5.97 Å². The summed E-state index contributed by atoms with van der Waals surface area (Å²) in [7, 11) is 0. The van der Waals surface area contributed by atoms with Gasteiger partial charge in [-0.15, -0.1) is 0 Å². The lowest BCUT2D eigenvalue weighted by atomic mass is 10.1. The van der Waals surface area contributed by atoms with E-state index in [1.54, 1.807) is 24.3 Å². The Balaban J connectivity index is 2.26. The van der Waals surface area contributed by atoms with Crippen LogP contribution in [-0.4, -0.2) is 16.1 Å². The zero-order valence-electron chi connectivity index (χ0n) is 10.6. The fraction of sp³-hybridized carbons (Fsp3) is 0.0667. The predicted octanol–water partition coefficient (Wildman–Crippen LogP) is 4.15. The summed E-state index contributed by atoms with van der Waals surface area (Å²) in [5, 5.41) is 9.77. The van der Waals surface area contributed by atoms with Gasteiger partial charge < -0.3 is 9.52 Å². The molecule has 3 aromatic rings. The molecule has 5 heteroatoms. The van der Waals surface area contributed by atoms with Crippen LogP contribution in [0.5, 0.6) is 0 Å². The zero-order chi connectivity index (χ0) is 14.3. The van der Waals surface area contributed by atoms with Gasteiger partial charge in [0.2, 0.25) is 5.89 Å². The normalized spacial score (nSPS) is 10.9. The number of hydrogen-bond donors (Lipinski definition) is 1. The quantitative estimate of drug-likeness (QED) is 0.769. The smallest absolute Gasteiger partial charge is 0.338 e. The van der Waals surface area contributed by atoms with Gasteiger partial charge in [-0.1, -0.05) is 23.7 Å². The summed E-state index contributed by atoms with van der Waals surface area (Å²) < 4.78 is 5.65. The molecule has 1 heterocycles. The Morgan fingerprint density at radius 1 is 1.25 bits per heavy atom. The van der Waals surface area contributed by atoms with E-state index in [4.69, 9.17) is 21.1 Å². The number of carbonyl (C=O) groups is 1. The van der Waals surface area contributed by atoms with E-state index in [2.05, 4.69) is 4.98 Å². The van der Waals surface area contributed by atoms with E-state index in [0.29, 0.717) is 22.0 Å². The summed E-state index contributed by atoms with van der Waals surface area (Å²) in [6, 6.07) is 10.3. The molecular weight excluding hydrogens is 278 g/mol. The van der Waals surface area contributed by atoms with E-state index >= 15 is 0 Å². The van der Waals surface area contributed by atoms with E-state index in [0.717, 1.165) is 11.1 Å². The number of para-hydroxylation sites is 1. The highest BCUT2D eigenvalue weighted by molar-refractivity contribution is 6.31. The van der Waals surface area contributed by atoms with Crippen molar-refractivity contribution in [2.45, 2.75) is 6.92 Å². The third-order valence-electron chi connectivity index (χ3n) is 3.15. The van der Waals surface area contributed by atoms with Crippen LogP contribution in [0, 0.1) is 6.92 Å². The minimum absolute atomic E-state index is 0.122. The Morgan fingerprint density at radius 3 is 2.75 bits per heavy atom. The van der Waals surface area contributed by atoms with Crippen molar-refractivity contribution in [2.24, 2.45) is 0 Å². The van der Waals surface area contributed by atoms with Crippen LogP contribution < -0.4 is 0 Å². The standard InChI is InChI=1S/C15H10ClNO3/c1-8-9(4-2-6-11(8)16)14-17-13-10(15(18)19)5-3-7-12(13)20-14/h2-7H,1H3,(H,18,19). The van der Waals surface area contributed by atoms with Gasteiger partial charge in [0.25, 0.3) is 0 Å². The Hall–Kier alpha value is -2.33.